The van der Waals surface area contributed by atoms with E-state index in [1.54, 1.807) is 0 Å². The molecule has 0 aliphatic carbocycles. The Kier molecular flexibility index (Phi) is 3.75. The molecule has 3 rings (SSSR count). The average Bonchev–Trinajstić information content (AvgIpc) is 3.01. The van der Waals surface area contributed by atoms with Gasteiger partial charge in [-0.3, -0.25) is 4.79 Å². The molecule has 23 heavy (non-hydrogen) atoms. The highest BCUT2D eigenvalue weighted by atomic mass is 16.6. The van der Waals surface area contributed by atoms with E-state index < -0.39 is 48.4 Å². The van der Waals surface area contributed by atoms with E-state index in [1.165, 1.54) is 24.3 Å². The van der Waals surface area contributed by atoms with Gasteiger partial charge in [-0.15, -0.1) is 0 Å². The molecule has 0 radical (unpaired) electrons. The van der Waals surface area contributed by atoms with E-state index in [0.29, 0.717) is 5.56 Å². The molecular formula is C15H16O8. The largest absolute Gasteiger partial charge is 0.508 e. The van der Waals surface area contributed by atoms with Crippen LogP contribution in [-0.2, 0) is 19.1 Å². The molecule has 2 fully saturated rings. The van der Waals surface area contributed by atoms with Crippen molar-refractivity contribution in [2.75, 3.05) is 6.61 Å². The number of phenols is 1. The quantitative estimate of drug-likeness (QED) is 0.510. The number of carbonyl (C=O) groups is 2. The van der Waals surface area contributed by atoms with Crippen molar-refractivity contribution < 1.29 is 39.5 Å². The average molecular weight is 324 g/mol. The summed E-state index contributed by atoms with van der Waals surface area (Å²) in [5.74, 6) is -2.46. The fraction of sp³-hybridized carbons (Fsp3) is 0.467. The zero-order chi connectivity index (χ0) is 16.8. The predicted molar refractivity (Wildman–Crippen MR) is 73.3 cm³/mol. The van der Waals surface area contributed by atoms with Gasteiger partial charge in [0, 0.05) is 5.92 Å². The maximum absolute atomic E-state index is 12.3. The standard InChI is InChI=1S/C15H16O8/c16-6-10(18)12-13(20)15(14(21)22-12)9(5-11(19)23-15)7-1-3-8(17)4-2-7/h1-4,9-10,12-13,16-18,20H,5-6H2/t9-,10+,12-,13+,15+/m0/s1. The van der Waals surface area contributed by atoms with Gasteiger partial charge in [-0.2, -0.15) is 0 Å². The van der Waals surface area contributed by atoms with Crippen molar-refractivity contribution in [2.24, 2.45) is 0 Å². The van der Waals surface area contributed by atoms with Crippen molar-refractivity contribution in [1.82, 2.24) is 0 Å². The monoisotopic (exact) mass is 324 g/mol. The SMILES string of the molecule is O=C1C[C@@H](c2ccc(O)cc2)[C@]2(O1)C(=O)O[C@@H]([C@H](O)CO)[C@H]2O. The first-order valence-corrected chi connectivity index (χ1v) is 7.09. The number of ether oxygens (including phenoxy) is 2. The minimum absolute atomic E-state index is 0.0103. The summed E-state index contributed by atoms with van der Waals surface area (Å²) >= 11 is 0. The zero-order valence-corrected chi connectivity index (χ0v) is 12.0. The number of rotatable bonds is 3. The lowest BCUT2D eigenvalue weighted by Gasteiger charge is -2.29. The molecule has 1 spiro atoms. The second-order valence-corrected chi connectivity index (χ2v) is 5.68. The minimum atomic E-state index is -1.96. The number of carbonyl (C=O) groups excluding carboxylic acids is 2. The van der Waals surface area contributed by atoms with Gasteiger partial charge in [-0.05, 0) is 17.7 Å². The molecule has 124 valence electrons. The van der Waals surface area contributed by atoms with E-state index >= 15 is 0 Å². The highest BCUT2D eigenvalue weighted by Gasteiger charge is 2.69. The van der Waals surface area contributed by atoms with Gasteiger partial charge in [0.2, 0.25) is 5.60 Å². The van der Waals surface area contributed by atoms with Gasteiger partial charge in [0.05, 0.1) is 13.0 Å². The van der Waals surface area contributed by atoms with Crippen LogP contribution in [0.1, 0.15) is 17.9 Å². The lowest BCUT2D eigenvalue weighted by atomic mass is 9.77. The van der Waals surface area contributed by atoms with Crippen molar-refractivity contribution in [3.8, 4) is 5.75 Å². The lowest BCUT2D eigenvalue weighted by molar-refractivity contribution is -0.169. The highest BCUT2D eigenvalue weighted by molar-refractivity contribution is 5.91. The Hall–Kier alpha value is -2.16. The van der Waals surface area contributed by atoms with E-state index in [4.69, 9.17) is 14.6 Å². The van der Waals surface area contributed by atoms with E-state index in [9.17, 15) is 24.9 Å². The van der Waals surface area contributed by atoms with Crippen LogP contribution in [0.3, 0.4) is 0 Å². The summed E-state index contributed by atoms with van der Waals surface area (Å²) in [6.07, 6.45) is -4.66. The molecule has 4 N–H and O–H groups in total. The molecule has 8 nitrogen and oxygen atoms in total. The number of benzene rings is 1. The first-order valence-electron chi connectivity index (χ1n) is 7.09. The summed E-state index contributed by atoms with van der Waals surface area (Å²) in [7, 11) is 0. The van der Waals surface area contributed by atoms with Crippen molar-refractivity contribution >= 4 is 11.9 Å². The number of hydrogen-bond donors (Lipinski definition) is 4. The van der Waals surface area contributed by atoms with Gasteiger partial charge in [0.15, 0.2) is 6.10 Å². The molecule has 0 aromatic heterocycles. The van der Waals surface area contributed by atoms with Crippen LogP contribution in [0.25, 0.3) is 0 Å². The summed E-state index contributed by atoms with van der Waals surface area (Å²) in [5, 5.41) is 38.5. The number of aliphatic hydroxyl groups excluding tert-OH is 3. The Morgan fingerprint density at radius 2 is 1.91 bits per heavy atom. The van der Waals surface area contributed by atoms with Gasteiger partial charge in [-0.1, -0.05) is 12.1 Å². The molecule has 0 bridgehead atoms. The highest BCUT2D eigenvalue weighted by Crippen LogP contribution is 2.48. The summed E-state index contributed by atoms with van der Waals surface area (Å²) in [6, 6.07) is 5.80. The van der Waals surface area contributed by atoms with E-state index in [1.807, 2.05) is 0 Å². The summed E-state index contributed by atoms with van der Waals surface area (Å²) in [5.41, 5.74) is -1.46. The van der Waals surface area contributed by atoms with Crippen molar-refractivity contribution in [3.63, 3.8) is 0 Å². The zero-order valence-electron chi connectivity index (χ0n) is 12.0. The third kappa shape index (κ3) is 2.26. The Morgan fingerprint density at radius 1 is 1.26 bits per heavy atom. The van der Waals surface area contributed by atoms with Gasteiger partial charge in [0.1, 0.15) is 18.0 Å². The third-order valence-corrected chi connectivity index (χ3v) is 4.35. The molecule has 5 atom stereocenters. The topological polar surface area (TPSA) is 134 Å². The Labute approximate surface area is 130 Å². The number of esters is 2. The summed E-state index contributed by atoms with van der Waals surface area (Å²) in [6.45, 7) is -0.719. The molecule has 0 amide bonds. The second kappa shape index (κ2) is 5.48. The number of phenolic OH excluding ortho intramolecular Hbond substituents is 1. The Balaban J connectivity index is 2.02. The number of hydrogen-bond acceptors (Lipinski definition) is 8. The molecular weight excluding hydrogens is 308 g/mol. The van der Waals surface area contributed by atoms with Crippen LogP contribution < -0.4 is 0 Å². The van der Waals surface area contributed by atoms with Gasteiger partial charge >= 0.3 is 11.9 Å². The lowest BCUT2D eigenvalue weighted by Crippen LogP contribution is -2.52. The molecule has 2 saturated heterocycles. The van der Waals surface area contributed by atoms with Gasteiger partial charge in [-0.25, -0.2) is 4.79 Å². The van der Waals surface area contributed by atoms with Gasteiger partial charge < -0.3 is 29.9 Å². The van der Waals surface area contributed by atoms with Crippen molar-refractivity contribution in [1.29, 1.82) is 0 Å². The molecule has 0 saturated carbocycles. The maximum Gasteiger partial charge on any atom is 0.354 e. The fourth-order valence-electron chi connectivity index (χ4n) is 3.18. The number of cyclic esters (lactones) is 1. The van der Waals surface area contributed by atoms with Crippen LogP contribution in [-0.4, -0.2) is 62.9 Å². The molecule has 1 aromatic carbocycles. The number of aliphatic hydroxyl groups is 3. The molecule has 2 aliphatic rings. The van der Waals surface area contributed by atoms with Crippen LogP contribution in [0.15, 0.2) is 24.3 Å². The smallest absolute Gasteiger partial charge is 0.354 e. The van der Waals surface area contributed by atoms with E-state index in [2.05, 4.69) is 0 Å². The minimum Gasteiger partial charge on any atom is -0.508 e. The van der Waals surface area contributed by atoms with Crippen LogP contribution in [0.5, 0.6) is 5.75 Å². The van der Waals surface area contributed by atoms with Gasteiger partial charge in [0.25, 0.3) is 0 Å². The van der Waals surface area contributed by atoms with E-state index in [-0.39, 0.29) is 12.2 Å². The van der Waals surface area contributed by atoms with Crippen molar-refractivity contribution in [2.45, 2.75) is 36.3 Å². The van der Waals surface area contributed by atoms with Crippen LogP contribution in [0.2, 0.25) is 0 Å². The molecule has 1 aromatic rings. The van der Waals surface area contributed by atoms with Crippen LogP contribution in [0, 0.1) is 0 Å². The molecule has 2 heterocycles. The fourth-order valence-corrected chi connectivity index (χ4v) is 3.18. The second-order valence-electron chi connectivity index (χ2n) is 5.68. The Bertz CT molecular complexity index is 627. The maximum atomic E-state index is 12.3. The summed E-state index contributed by atoms with van der Waals surface area (Å²) in [4.78, 5) is 24.1. The third-order valence-electron chi connectivity index (χ3n) is 4.35. The van der Waals surface area contributed by atoms with E-state index in [0.717, 1.165) is 0 Å². The Morgan fingerprint density at radius 3 is 2.52 bits per heavy atom. The first-order chi connectivity index (χ1) is 10.9. The van der Waals surface area contributed by atoms with Crippen LogP contribution in [0.4, 0.5) is 0 Å². The van der Waals surface area contributed by atoms with Crippen LogP contribution >= 0.6 is 0 Å². The predicted octanol–water partition coefficient (Wildman–Crippen LogP) is -1.20. The molecule has 2 aliphatic heterocycles. The van der Waals surface area contributed by atoms with Crippen molar-refractivity contribution in [3.05, 3.63) is 29.8 Å². The normalized spacial score (nSPS) is 34.5. The number of aromatic hydroxyl groups is 1. The first kappa shape index (κ1) is 15.7. The molecule has 0 unspecified atom stereocenters. The summed E-state index contributed by atoms with van der Waals surface area (Å²) < 4.78 is 10.1. The molecule has 8 heteroatoms.